The number of amides is 2. The highest BCUT2D eigenvalue weighted by Crippen LogP contribution is 2.11. The van der Waals surface area contributed by atoms with E-state index in [0.717, 1.165) is 0 Å². The van der Waals surface area contributed by atoms with Gasteiger partial charge >= 0.3 is 6.03 Å². The lowest BCUT2D eigenvalue weighted by atomic mass is 10.0. The molecule has 3 N–H and O–H groups in total. The highest BCUT2D eigenvalue weighted by Gasteiger charge is 2.13. The monoisotopic (exact) mass is 281 g/mol. The molecular formula is C14H23N3O3. The zero-order chi connectivity index (χ0) is 15.3. The van der Waals surface area contributed by atoms with E-state index in [4.69, 9.17) is 0 Å². The Balaban J connectivity index is 2.71. The fourth-order valence-corrected chi connectivity index (χ4v) is 1.95. The van der Waals surface area contributed by atoms with Gasteiger partial charge in [0.1, 0.15) is 0 Å². The summed E-state index contributed by atoms with van der Waals surface area (Å²) in [7, 11) is 1.63. The SMILES string of the molecule is Cc1cc(=O)n(C)cc1NC(=O)NC(CO)CC(C)C. The van der Waals surface area contributed by atoms with E-state index in [1.54, 1.807) is 20.2 Å². The van der Waals surface area contributed by atoms with Crippen molar-refractivity contribution < 1.29 is 9.90 Å². The number of carbonyl (C=O) groups excluding carboxylic acids is 1. The molecule has 0 saturated heterocycles. The molecule has 0 aliphatic rings. The summed E-state index contributed by atoms with van der Waals surface area (Å²) in [5.74, 6) is 0.381. The van der Waals surface area contributed by atoms with Gasteiger partial charge < -0.3 is 20.3 Å². The van der Waals surface area contributed by atoms with Crippen LogP contribution in [0.4, 0.5) is 10.5 Å². The third-order valence-corrected chi connectivity index (χ3v) is 2.99. The molecule has 1 atom stereocenters. The maximum Gasteiger partial charge on any atom is 0.319 e. The number of nitrogens with one attached hydrogen (secondary N) is 2. The summed E-state index contributed by atoms with van der Waals surface area (Å²) in [6.07, 6.45) is 2.28. The minimum Gasteiger partial charge on any atom is -0.394 e. The number of hydrogen-bond donors (Lipinski definition) is 3. The number of hydrogen-bond acceptors (Lipinski definition) is 3. The second kappa shape index (κ2) is 7.09. The molecule has 1 aromatic heterocycles. The molecule has 1 aromatic rings. The molecule has 1 unspecified atom stereocenters. The zero-order valence-corrected chi connectivity index (χ0v) is 12.4. The van der Waals surface area contributed by atoms with Crippen molar-refractivity contribution in [3.8, 4) is 0 Å². The van der Waals surface area contributed by atoms with Crippen LogP contribution in [-0.2, 0) is 7.05 Å². The molecule has 0 fully saturated rings. The van der Waals surface area contributed by atoms with Crippen molar-refractivity contribution in [2.24, 2.45) is 13.0 Å². The number of aliphatic hydroxyl groups excluding tert-OH is 1. The number of nitrogens with zero attached hydrogens (tertiary/aromatic N) is 1. The largest absolute Gasteiger partial charge is 0.394 e. The first-order valence-electron chi connectivity index (χ1n) is 6.69. The summed E-state index contributed by atoms with van der Waals surface area (Å²) in [5.41, 5.74) is 1.15. The Labute approximate surface area is 118 Å². The minimum atomic E-state index is -0.383. The average Bonchev–Trinajstić information content (AvgIpc) is 2.34. The van der Waals surface area contributed by atoms with Crippen LogP contribution in [-0.4, -0.2) is 28.4 Å². The number of aryl methyl sites for hydroxylation is 2. The van der Waals surface area contributed by atoms with Crippen molar-refractivity contribution in [1.82, 2.24) is 9.88 Å². The van der Waals surface area contributed by atoms with Crippen LogP contribution in [0.25, 0.3) is 0 Å². The molecule has 0 spiro atoms. The Kier molecular flexibility index (Phi) is 5.76. The van der Waals surface area contributed by atoms with Crippen LogP contribution in [0.2, 0.25) is 0 Å². The van der Waals surface area contributed by atoms with Gasteiger partial charge in [0.25, 0.3) is 5.56 Å². The molecule has 0 bridgehead atoms. The molecule has 6 heteroatoms. The van der Waals surface area contributed by atoms with E-state index in [2.05, 4.69) is 10.6 Å². The van der Waals surface area contributed by atoms with Crippen LogP contribution in [0, 0.1) is 12.8 Å². The second-order valence-electron chi connectivity index (χ2n) is 5.43. The van der Waals surface area contributed by atoms with Crippen molar-refractivity contribution in [2.75, 3.05) is 11.9 Å². The Bertz CT molecular complexity index is 523. The van der Waals surface area contributed by atoms with Crippen molar-refractivity contribution in [1.29, 1.82) is 0 Å². The van der Waals surface area contributed by atoms with E-state index in [1.807, 2.05) is 13.8 Å². The first-order chi connectivity index (χ1) is 9.33. The first kappa shape index (κ1) is 16.2. The maximum absolute atomic E-state index is 11.9. The summed E-state index contributed by atoms with van der Waals surface area (Å²) in [5, 5.41) is 14.7. The van der Waals surface area contributed by atoms with E-state index in [-0.39, 0.29) is 24.2 Å². The summed E-state index contributed by atoms with van der Waals surface area (Å²) >= 11 is 0. The summed E-state index contributed by atoms with van der Waals surface area (Å²) in [4.78, 5) is 23.3. The standard InChI is InChI=1S/C14H23N3O3/c1-9(2)5-11(8-18)15-14(20)16-12-7-17(4)13(19)6-10(12)3/h6-7,9,11,18H,5,8H2,1-4H3,(H2,15,16,20). The van der Waals surface area contributed by atoms with Crippen molar-refractivity contribution >= 4 is 11.7 Å². The van der Waals surface area contributed by atoms with Gasteiger partial charge in [-0.05, 0) is 24.8 Å². The number of aromatic nitrogens is 1. The highest BCUT2D eigenvalue weighted by molar-refractivity contribution is 5.90. The molecule has 1 rings (SSSR count). The quantitative estimate of drug-likeness (QED) is 0.759. The average molecular weight is 281 g/mol. The number of urea groups is 1. The van der Waals surface area contributed by atoms with Gasteiger partial charge in [-0.2, -0.15) is 0 Å². The molecule has 0 aliphatic carbocycles. The van der Waals surface area contributed by atoms with Gasteiger partial charge in [-0.15, -0.1) is 0 Å². The third-order valence-electron chi connectivity index (χ3n) is 2.99. The summed E-state index contributed by atoms with van der Waals surface area (Å²) in [6, 6.07) is 0.807. The van der Waals surface area contributed by atoms with Crippen LogP contribution in [0.15, 0.2) is 17.1 Å². The van der Waals surface area contributed by atoms with Crippen LogP contribution in [0.5, 0.6) is 0 Å². The van der Waals surface area contributed by atoms with Gasteiger partial charge in [-0.25, -0.2) is 4.79 Å². The van der Waals surface area contributed by atoms with Gasteiger partial charge in [0.2, 0.25) is 0 Å². The van der Waals surface area contributed by atoms with Crippen molar-refractivity contribution in [3.05, 3.63) is 28.2 Å². The maximum atomic E-state index is 11.9. The number of pyridine rings is 1. The Morgan fingerprint density at radius 2 is 2.10 bits per heavy atom. The lowest BCUT2D eigenvalue weighted by Crippen LogP contribution is -2.41. The van der Waals surface area contributed by atoms with Crippen LogP contribution < -0.4 is 16.2 Å². The number of anilines is 1. The first-order valence-corrected chi connectivity index (χ1v) is 6.69. The van der Waals surface area contributed by atoms with Gasteiger partial charge in [-0.3, -0.25) is 4.79 Å². The normalized spacial score (nSPS) is 12.3. The smallest absolute Gasteiger partial charge is 0.319 e. The number of carbonyl (C=O) groups is 1. The summed E-state index contributed by atoms with van der Waals surface area (Å²) < 4.78 is 1.40. The summed E-state index contributed by atoms with van der Waals surface area (Å²) in [6.45, 7) is 5.71. The lowest BCUT2D eigenvalue weighted by Gasteiger charge is -2.19. The molecule has 6 nitrogen and oxygen atoms in total. The van der Waals surface area contributed by atoms with E-state index in [0.29, 0.717) is 23.6 Å². The Morgan fingerprint density at radius 1 is 1.45 bits per heavy atom. The van der Waals surface area contributed by atoms with E-state index in [1.165, 1.54) is 10.6 Å². The molecule has 0 aromatic carbocycles. The van der Waals surface area contributed by atoms with E-state index < -0.39 is 0 Å². The van der Waals surface area contributed by atoms with Gasteiger partial charge in [-0.1, -0.05) is 13.8 Å². The minimum absolute atomic E-state index is 0.0993. The van der Waals surface area contributed by atoms with Crippen molar-refractivity contribution in [3.63, 3.8) is 0 Å². The molecule has 20 heavy (non-hydrogen) atoms. The van der Waals surface area contributed by atoms with E-state index in [9.17, 15) is 14.7 Å². The fraction of sp³-hybridized carbons (Fsp3) is 0.571. The molecule has 0 saturated carbocycles. The predicted molar refractivity (Wildman–Crippen MR) is 78.9 cm³/mol. The van der Waals surface area contributed by atoms with Crippen molar-refractivity contribution in [2.45, 2.75) is 33.2 Å². The van der Waals surface area contributed by atoms with Gasteiger partial charge in [0, 0.05) is 19.3 Å². The molecule has 112 valence electrons. The predicted octanol–water partition coefficient (Wildman–Crippen LogP) is 1.22. The lowest BCUT2D eigenvalue weighted by molar-refractivity contribution is 0.214. The van der Waals surface area contributed by atoms with Gasteiger partial charge in [0.05, 0.1) is 18.3 Å². The second-order valence-corrected chi connectivity index (χ2v) is 5.43. The fourth-order valence-electron chi connectivity index (χ4n) is 1.95. The van der Waals surface area contributed by atoms with Gasteiger partial charge in [0.15, 0.2) is 0 Å². The molecule has 0 radical (unpaired) electrons. The highest BCUT2D eigenvalue weighted by atomic mass is 16.3. The molecule has 2 amide bonds. The van der Waals surface area contributed by atoms with Crippen LogP contribution in [0.3, 0.4) is 0 Å². The Morgan fingerprint density at radius 3 is 2.65 bits per heavy atom. The molecular weight excluding hydrogens is 258 g/mol. The topological polar surface area (TPSA) is 83.4 Å². The Hall–Kier alpha value is -1.82. The third kappa shape index (κ3) is 4.70. The van der Waals surface area contributed by atoms with E-state index >= 15 is 0 Å². The number of aliphatic hydroxyl groups is 1. The molecule has 1 heterocycles. The van der Waals surface area contributed by atoms with Crippen LogP contribution in [0.1, 0.15) is 25.8 Å². The van der Waals surface area contributed by atoms with Crippen LogP contribution >= 0.6 is 0 Å². The molecule has 0 aliphatic heterocycles. The zero-order valence-electron chi connectivity index (χ0n) is 12.4. The number of rotatable bonds is 5.